The Morgan fingerprint density at radius 1 is 1.07 bits per heavy atom. The van der Waals surface area contributed by atoms with Crippen LogP contribution in [-0.2, 0) is 14.8 Å². The molecule has 3 rings (SSSR count). The molecule has 1 saturated heterocycles. The van der Waals surface area contributed by atoms with Crippen LogP contribution in [0.4, 0.5) is 0 Å². The first-order valence-electron chi connectivity index (χ1n) is 8.65. The standard InChI is InChI=1S/C18H21N3O5S2/c1-19(28(25,26)17-7-4-12-27-17)13-16(23)20-8-10-21(11-9-20)18(24)14-5-2-3-6-15(14)22/h2-7,12,22H,8-11,13H2,1H3. The minimum absolute atomic E-state index is 0.0774. The fourth-order valence-corrected chi connectivity index (χ4v) is 5.24. The van der Waals surface area contributed by atoms with E-state index in [1.807, 2.05) is 0 Å². The van der Waals surface area contributed by atoms with Gasteiger partial charge in [0, 0.05) is 33.2 Å². The molecule has 8 nitrogen and oxygen atoms in total. The maximum absolute atomic E-state index is 12.5. The van der Waals surface area contributed by atoms with Crippen molar-refractivity contribution in [3.8, 4) is 5.75 Å². The number of sulfonamides is 1. The minimum Gasteiger partial charge on any atom is -0.507 e. The maximum atomic E-state index is 12.5. The summed E-state index contributed by atoms with van der Waals surface area (Å²) in [6, 6.07) is 9.48. The van der Waals surface area contributed by atoms with E-state index >= 15 is 0 Å². The number of para-hydroxylation sites is 1. The zero-order chi connectivity index (χ0) is 20.3. The number of phenols is 1. The number of aromatic hydroxyl groups is 1. The number of nitrogens with zero attached hydrogens (tertiary/aromatic N) is 3. The lowest BCUT2D eigenvalue weighted by molar-refractivity contribution is -0.132. The van der Waals surface area contributed by atoms with E-state index in [-0.39, 0.29) is 33.9 Å². The van der Waals surface area contributed by atoms with Crippen molar-refractivity contribution < 1.29 is 23.1 Å². The molecule has 0 aliphatic carbocycles. The number of thiophene rings is 1. The van der Waals surface area contributed by atoms with Crippen molar-refractivity contribution in [2.75, 3.05) is 39.8 Å². The lowest BCUT2D eigenvalue weighted by Gasteiger charge is -2.35. The Kier molecular flexibility index (Phi) is 6.01. The third-order valence-electron chi connectivity index (χ3n) is 4.57. The van der Waals surface area contributed by atoms with Gasteiger partial charge >= 0.3 is 0 Å². The first-order valence-corrected chi connectivity index (χ1v) is 11.0. The van der Waals surface area contributed by atoms with Gasteiger partial charge in [-0.2, -0.15) is 4.31 Å². The molecule has 0 atom stereocenters. The second-order valence-corrected chi connectivity index (χ2v) is 9.60. The van der Waals surface area contributed by atoms with Gasteiger partial charge in [-0.05, 0) is 23.6 Å². The molecule has 2 heterocycles. The summed E-state index contributed by atoms with van der Waals surface area (Å²) in [5, 5.41) is 11.5. The molecule has 150 valence electrons. The molecule has 0 spiro atoms. The summed E-state index contributed by atoms with van der Waals surface area (Å²) < 4.78 is 26.1. The average Bonchev–Trinajstić information content (AvgIpc) is 3.23. The Morgan fingerprint density at radius 2 is 1.71 bits per heavy atom. The Hall–Kier alpha value is -2.43. The minimum atomic E-state index is -3.68. The highest BCUT2D eigenvalue weighted by Crippen LogP contribution is 2.21. The zero-order valence-corrected chi connectivity index (χ0v) is 16.9. The number of carbonyl (C=O) groups is 2. The molecular weight excluding hydrogens is 402 g/mol. The van der Waals surface area contributed by atoms with Crippen LogP contribution in [0.1, 0.15) is 10.4 Å². The Bertz CT molecular complexity index is 951. The highest BCUT2D eigenvalue weighted by Gasteiger charge is 2.29. The van der Waals surface area contributed by atoms with Crippen LogP contribution in [-0.4, -0.2) is 79.2 Å². The van der Waals surface area contributed by atoms with Crippen LogP contribution < -0.4 is 0 Å². The van der Waals surface area contributed by atoms with Crippen molar-refractivity contribution in [1.29, 1.82) is 0 Å². The Morgan fingerprint density at radius 3 is 2.32 bits per heavy atom. The van der Waals surface area contributed by atoms with E-state index in [9.17, 15) is 23.1 Å². The predicted molar refractivity (Wildman–Crippen MR) is 105 cm³/mol. The van der Waals surface area contributed by atoms with Crippen LogP contribution in [0.25, 0.3) is 0 Å². The third-order valence-corrected chi connectivity index (χ3v) is 7.75. The maximum Gasteiger partial charge on any atom is 0.257 e. The molecule has 2 amide bonds. The summed E-state index contributed by atoms with van der Waals surface area (Å²) in [6.45, 7) is 1.00. The molecule has 0 radical (unpaired) electrons. The van der Waals surface area contributed by atoms with Gasteiger partial charge in [-0.3, -0.25) is 9.59 Å². The van der Waals surface area contributed by atoms with Crippen molar-refractivity contribution in [2.45, 2.75) is 4.21 Å². The number of phenolic OH excluding ortho intramolecular Hbond substituents is 1. The molecule has 2 aromatic rings. The predicted octanol–water partition coefficient (Wildman–Crippen LogP) is 1.06. The molecule has 0 saturated carbocycles. The second-order valence-electron chi connectivity index (χ2n) is 6.38. The molecule has 1 aromatic heterocycles. The first-order chi connectivity index (χ1) is 13.3. The Labute approximate surface area is 167 Å². The van der Waals surface area contributed by atoms with Gasteiger partial charge in [-0.25, -0.2) is 8.42 Å². The topological polar surface area (TPSA) is 98.2 Å². The van der Waals surface area contributed by atoms with Gasteiger partial charge in [0.05, 0.1) is 12.1 Å². The fourth-order valence-electron chi connectivity index (χ4n) is 2.92. The number of hydrogen-bond acceptors (Lipinski definition) is 6. The number of amides is 2. The van der Waals surface area contributed by atoms with Gasteiger partial charge in [0.2, 0.25) is 5.91 Å². The molecule has 1 N–H and O–H groups in total. The molecule has 0 bridgehead atoms. The summed E-state index contributed by atoms with van der Waals surface area (Å²) in [5.74, 6) is -0.675. The van der Waals surface area contributed by atoms with Crippen molar-refractivity contribution in [3.63, 3.8) is 0 Å². The molecular formula is C18H21N3O5S2. The summed E-state index contributed by atoms with van der Waals surface area (Å²) in [6.07, 6.45) is 0. The van der Waals surface area contributed by atoms with Crippen molar-refractivity contribution in [3.05, 3.63) is 47.3 Å². The summed E-state index contributed by atoms with van der Waals surface area (Å²) in [7, 11) is -2.30. The van der Waals surface area contributed by atoms with Crippen molar-refractivity contribution in [1.82, 2.24) is 14.1 Å². The summed E-state index contributed by atoms with van der Waals surface area (Å²) in [5.41, 5.74) is 0.226. The number of carbonyl (C=O) groups excluding carboxylic acids is 2. The number of hydrogen-bond donors (Lipinski definition) is 1. The largest absolute Gasteiger partial charge is 0.507 e. The normalized spacial score (nSPS) is 15.1. The van der Waals surface area contributed by atoms with Crippen LogP contribution in [0.2, 0.25) is 0 Å². The van der Waals surface area contributed by atoms with Gasteiger partial charge in [0.15, 0.2) is 0 Å². The van der Waals surface area contributed by atoms with Crippen molar-refractivity contribution in [2.24, 2.45) is 0 Å². The Balaban J connectivity index is 1.57. The second kappa shape index (κ2) is 8.29. The third kappa shape index (κ3) is 4.18. The fraction of sp³-hybridized carbons (Fsp3) is 0.333. The number of likely N-dealkylation sites (N-methyl/N-ethyl adjacent to an activating group) is 1. The number of piperazine rings is 1. The quantitative estimate of drug-likeness (QED) is 0.775. The van der Waals surface area contributed by atoms with Crippen LogP contribution in [0, 0.1) is 0 Å². The van der Waals surface area contributed by atoms with E-state index in [1.165, 1.54) is 19.2 Å². The van der Waals surface area contributed by atoms with E-state index < -0.39 is 10.0 Å². The molecule has 1 fully saturated rings. The average molecular weight is 424 g/mol. The molecule has 1 aliphatic heterocycles. The summed E-state index contributed by atoms with van der Waals surface area (Å²) >= 11 is 1.10. The highest BCUT2D eigenvalue weighted by molar-refractivity contribution is 7.91. The molecule has 0 unspecified atom stereocenters. The van der Waals surface area contributed by atoms with E-state index in [1.54, 1.807) is 39.4 Å². The van der Waals surface area contributed by atoms with Crippen LogP contribution in [0.3, 0.4) is 0 Å². The summed E-state index contributed by atoms with van der Waals surface area (Å²) in [4.78, 5) is 28.1. The van der Waals surface area contributed by atoms with Gasteiger partial charge in [-0.1, -0.05) is 18.2 Å². The lowest BCUT2D eigenvalue weighted by atomic mass is 10.1. The van der Waals surface area contributed by atoms with Crippen molar-refractivity contribution >= 4 is 33.2 Å². The van der Waals surface area contributed by atoms with Gasteiger partial charge in [0.1, 0.15) is 9.96 Å². The van der Waals surface area contributed by atoms with E-state index in [0.29, 0.717) is 26.2 Å². The van der Waals surface area contributed by atoms with Crippen LogP contribution in [0.15, 0.2) is 46.0 Å². The van der Waals surface area contributed by atoms with E-state index in [4.69, 9.17) is 0 Å². The van der Waals surface area contributed by atoms with Gasteiger partial charge in [0.25, 0.3) is 15.9 Å². The first kappa shape index (κ1) is 20.3. The lowest BCUT2D eigenvalue weighted by Crippen LogP contribution is -2.52. The molecule has 1 aliphatic rings. The monoisotopic (exact) mass is 423 g/mol. The molecule has 1 aromatic carbocycles. The van der Waals surface area contributed by atoms with Crippen LogP contribution >= 0.6 is 11.3 Å². The SMILES string of the molecule is CN(CC(=O)N1CCN(C(=O)c2ccccc2O)CC1)S(=O)(=O)c1cccs1. The highest BCUT2D eigenvalue weighted by atomic mass is 32.2. The molecule has 28 heavy (non-hydrogen) atoms. The molecule has 10 heteroatoms. The van der Waals surface area contributed by atoms with Crippen LogP contribution in [0.5, 0.6) is 5.75 Å². The van der Waals surface area contributed by atoms with E-state index in [2.05, 4.69) is 0 Å². The van der Waals surface area contributed by atoms with Gasteiger partial charge < -0.3 is 14.9 Å². The smallest absolute Gasteiger partial charge is 0.257 e. The van der Waals surface area contributed by atoms with Gasteiger partial charge in [-0.15, -0.1) is 11.3 Å². The number of benzene rings is 1. The number of rotatable bonds is 5. The zero-order valence-electron chi connectivity index (χ0n) is 15.3. The van der Waals surface area contributed by atoms with E-state index in [0.717, 1.165) is 15.6 Å².